The lowest BCUT2D eigenvalue weighted by Gasteiger charge is -1.92. The summed E-state index contributed by atoms with van der Waals surface area (Å²) in [7, 11) is 0. The second-order valence-corrected chi connectivity index (χ2v) is 3.16. The lowest BCUT2D eigenvalue weighted by Crippen LogP contribution is -2.19. The average Bonchev–Trinajstić information content (AvgIpc) is 2.12. The maximum atomic E-state index is 10.5. The van der Waals surface area contributed by atoms with Crippen LogP contribution in [0.2, 0.25) is 5.02 Å². The molecule has 0 atom stereocenters. The fourth-order valence-corrected chi connectivity index (χ4v) is 1.07. The van der Waals surface area contributed by atoms with Gasteiger partial charge in [0.2, 0.25) is 5.91 Å². The van der Waals surface area contributed by atoms with Gasteiger partial charge in [0, 0.05) is 17.5 Å². The van der Waals surface area contributed by atoms with Crippen molar-refractivity contribution in [3.05, 3.63) is 34.9 Å². The van der Waals surface area contributed by atoms with Crippen LogP contribution in [-0.4, -0.2) is 12.5 Å². The lowest BCUT2D eigenvalue weighted by molar-refractivity contribution is -0.118. The minimum absolute atomic E-state index is 0.0783. The summed E-state index contributed by atoms with van der Waals surface area (Å²) in [5.74, 6) is 5.63. The highest BCUT2D eigenvalue weighted by atomic mass is 35.5. The highest BCUT2D eigenvalue weighted by Crippen LogP contribution is 2.08. The van der Waals surface area contributed by atoms with Crippen LogP contribution in [0.25, 0.3) is 0 Å². The van der Waals surface area contributed by atoms with Crippen LogP contribution in [0.1, 0.15) is 12.5 Å². The first-order valence-corrected chi connectivity index (χ1v) is 4.55. The van der Waals surface area contributed by atoms with E-state index < -0.39 is 0 Å². The van der Waals surface area contributed by atoms with Gasteiger partial charge in [0.25, 0.3) is 0 Å². The van der Waals surface area contributed by atoms with Gasteiger partial charge in [-0.15, -0.1) is 0 Å². The molecule has 0 unspecified atom stereocenters. The third kappa shape index (κ3) is 3.97. The highest BCUT2D eigenvalue weighted by Gasteiger charge is 1.88. The molecule has 2 nitrogen and oxygen atoms in total. The van der Waals surface area contributed by atoms with E-state index in [1.807, 2.05) is 12.1 Å². The molecule has 0 bridgehead atoms. The number of hydrogen-bond donors (Lipinski definition) is 1. The van der Waals surface area contributed by atoms with Gasteiger partial charge in [0.1, 0.15) is 0 Å². The summed E-state index contributed by atoms with van der Waals surface area (Å²) in [4.78, 5) is 10.5. The van der Waals surface area contributed by atoms with Crippen LogP contribution in [0.3, 0.4) is 0 Å². The number of nitrogens with one attached hydrogen (secondary N) is 1. The summed E-state index contributed by atoms with van der Waals surface area (Å²) in [5, 5.41) is 3.25. The van der Waals surface area contributed by atoms with Crippen molar-refractivity contribution in [1.29, 1.82) is 0 Å². The summed E-state index contributed by atoms with van der Waals surface area (Å²) in [5.41, 5.74) is 0.850. The molecule has 1 aromatic rings. The molecule has 0 aliphatic carbocycles. The summed E-state index contributed by atoms with van der Waals surface area (Å²) >= 11 is 5.77. The smallest absolute Gasteiger partial charge is 0.217 e. The van der Waals surface area contributed by atoms with Gasteiger partial charge in [-0.3, -0.25) is 4.79 Å². The van der Waals surface area contributed by atoms with Gasteiger partial charge in [-0.1, -0.05) is 29.5 Å². The molecule has 0 fully saturated rings. The normalized spacial score (nSPS) is 8.71. The summed E-state index contributed by atoms with van der Waals surface area (Å²) < 4.78 is 0. The Morgan fingerprint density at radius 1 is 1.57 bits per heavy atom. The molecular formula is C11H10ClNO. The zero-order valence-corrected chi connectivity index (χ0v) is 8.56. The number of rotatable bonds is 1. The van der Waals surface area contributed by atoms with Crippen LogP contribution in [0.15, 0.2) is 24.3 Å². The van der Waals surface area contributed by atoms with Crippen molar-refractivity contribution < 1.29 is 4.79 Å². The van der Waals surface area contributed by atoms with Crippen molar-refractivity contribution in [1.82, 2.24) is 5.32 Å². The van der Waals surface area contributed by atoms with Gasteiger partial charge in [0.05, 0.1) is 6.54 Å². The predicted molar refractivity (Wildman–Crippen MR) is 57.0 cm³/mol. The quantitative estimate of drug-likeness (QED) is 0.700. The molecule has 1 aromatic carbocycles. The Hall–Kier alpha value is -1.46. The highest BCUT2D eigenvalue weighted by molar-refractivity contribution is 6.30. The van der Waals surface area contributed by atoms with E-state index in [2.05, 4.69) is 17.2 Å². The molecule has 0 spiro atoms. The second kappa shape index (κ2) is 5.31. The topological polar surface area (TPSA) is 29.1 Å². The van der Waals surface area contributed by atoms with Crippen molar-refractivity contribution in [3.8, 4) is 11.8 Å². The summed E-state index contributed by atoms with van der Waals surface area (Å²) in [6.07, 6.45) is 0. The van der Waals surface area contributed by atoms with E-state index in [0.29, 0.717) is 11.6 Å². The van der Waals surface area contributed by atoms with Gasteiger partial charge in [-0.25, -0.2) is 0 Å². The number of amides is 1. The molecule has 72 valence electrons. The van der Waals surface area contributed by atoms with E-state index in [9.17, 15) is 4.79 Å². The Morgan fingerprint density at radius 3 is 3.00 bits per heavy atom. The van der Waals surface area contributed by atoms with E-state index in [-0.39, 0.29) is 5.91 Å². The molecule has 3 heteroatoms. The zero-order chi connectivity index (χ0) is 10.4. The fourth-order valence-electron chi connectivity index (χ4n) is 0.881. The third-order valence-electron chi connectivity index (χ3n) is 1.48. The van der Waals surface area contributed by atoms with E-state index in [0.717, 1.165) is 5.56 Å². The van der Waals surface area contributed by atoms with Crippen molar-refractivity contribution in [2.24, 2.45) is 0 Å². The molecule has 0 radical (unpaired) electrons. The van der Waals surface area contributed by atoms with E-state index in [1.54, 1.807) is 12.1 Å². The Labute approximate surface area is 88.3 Å². The lowest BCUT2D eigenvalue weighted by atomic mass is 10.2. The first-order chi connectivity index (χ1) is 6.68. The van der Waals surface area contributed by atoms with Gasteiger partial charge in [-0.05, 0) is 18.2 Å². The number of halogens is 1. The van der Waals surface area contributed by atoms with Crippen molar-refractivity contribution in [2.45, 2.75) is 6.92 Å². The van der Waals surface area contributed by atoms with Gasteiger partial charge >= 0.3 is 0 Å². The molecule has 1 N–H and O–H groups in total. The first-order valence-electron chi connectivity index (χ1n) is 4.17. The molecule has 1 amide bonds. The van der Waals surface area contributed by atoms with E-state index in [4.69, 9.17) is 11.6 Å². The Morgan fingerprint density at radius 2 is 2.36 bits per heavy atom. The zero-order valence-electron chi connectivity index (χ0n) is 7.80. The summed E-state index contributed by atoms with van der Waals surface area (Å²) in [6.45, 7) is 1.82. The number of carbonyl (C=O) groups is 1. The van der Waals surface area contributed by atoms with Gasteiger partial charge < -0.3 is 5.32 Å². The number of carbonyl (C=O) groups excluding carboxylic acids is 1. The molecule has 0 aromatic heterocycles. The molecule has 0 heterocycles. The third-order valence-corrected chi connectivity index (χ3v) is 1.72. The van der Waals surface area contributed by atoms with Crippen LogP contribution in [0, 0.1) is 11.8 Å². The van der Waals surface area contributed by atoms with Gasteiger partial charge in [-0.2, -0.15) is 0 Å². The van der Waals surface area contributed by atoms with Crippen LogP contribution in [-0.2, 0) is 4.79 Å². The number of hydrogen-bond acceptors (Lipinski definition) is 1. The Balaban J connectivity index is 2.55. The van der Waals surface area contributed by atoms with Crippen molar-refractivity contribution in [2.75, 3.05) is 6.54 Å². The molecule has 0 saturated heterocycles. The minimum atomic E-state index is -0.0783. The maximum absolute atomic E-state index is 10.5. The first kappa shape index (κ1) is 10.6. The molecule has 0 aliphatic heterocycles. The number of benzene rings is 1. The minimum Gasteiger partial charge on any atom is -0.345 e. The Bertz CT molecular complexity index is 390. The molecule has 0 saturated carbocycles. The molecule has 1 rings (SSSR count). The van der Waals surface area contributed by atoms with Gasteiger partial charge in [0.15, 0.2) is 0 Å². The predicted octanol–water partition coefficient (Wildman–Crippen LogP) is 1.83. The fraction of sp³-hybridized carbons (Fsp3) is 0.182. The SMILES string of the molecule is CC(=O)NCC#Cc1cccc(Cl)c1. The van der Waals surface area contributed by atoms with Crippen molar-refractivity contribution >= 4 is 17.5 Å². The monoisotopic (exact) mass is 207 g/mol. The van der Waals surface area contributed by atoms with E-state index >= 15 is 0 Å². The van der Waals surface area contributed by atoms with Crippen LogP contribution < -0.4 is 5.32 Å². The maximum Gasteiger partial charge on any atom is 0.217 e. The van der Waals surface area contributed by atoms with Crippen LogP contribution in [0.4, 0.5) is 0 Å². The molecule has 14 heavy (non-hydrogen) atoms. The van der Waals surface area contributed by atoms with Crippen LogP contribution >= 0.6 is 11.6 Å². The molecular weight excluding hydrogens is 198 g/mol. The van der Waals surface area contributed by atoms with E-state index in [1.165, 1.54) is 6.92 Å². The summed E-state index contributed by atoms with van der Waals surface area (Å²) in [6, 6.07) is 7.28. The van der Waals surface area contributed by atoms with Crippen LogP contribution in [0.5, 0.6) is 0 Å². The second-order valence-electron chi connectivity index (χ2n) is 2.72. The largest absolute Gasteiger partial charge is 0.345 e. The Kier molecular flexibility index (Phi) is 4.03. The molecule has 0 aliphatic rings. The average molecular weight is 208 g/mol. The van der Waals surface area contributed by atoms with Crippen molar-refractivity contribution in [3.63, 3.8) is 0 Å². The standard InChI is InChI=1S/C11H10ClNO/c1-9(14)13-7-3-5-10-4-2-6-11(12)8-10/h2,4,6,8H,7H2,1H3,(H,13,14).